The molecule has 0 saturated heterocycles. The second-order valence-electron chi connectivity index (χ2n) is 10.8. The Morgan fingerprint density at radius 2 is 0.773 bits per heavy atom. The zero-order valence-electron chi connectivity index (χ0n) is 23.8. The molecule has 0 aliphatic rings. The third kappa shape index (κ3) is 4.91. The van der Waals surface area contributed by atoms with E-state index in [4.69, 9.17) is 0 Å². The van der Waals surface area contributed by atoms with Gasteiger partial charge in [0.15, 0.2) is 0 Å². The lowest BCUT2D eigenvalue weighted by molar-refractivity contribution is 1.28. The van der Waals surface area contributed by atoms with Crippen LogP contribution in [0.3, 0.4) is 0 Å². The van der Waals surface area contributed by atoms with E-state index in [-0.39, 0.29) is 0 Å². The molecule has 0 amide bonds. The van der Waals surface area contributed by atoms with Crippen molar-refractivity contribution in [2.45, 2.75) is 0 Å². The maximum absolute atomic E-state index is 4.17. The van der Waals surface area contributed by atoms with Crippen LogP contribution in [0, 0.1) is 0 Å². The van der Waals surface area contributed by atoms with Crippen molar-refractivity contribution in [3.8, 4) is 33.4 Å². The molecule has 4 heteroatoms. The van der Waals surface area contributed by atoms with E-state index in [9.17, 15) is 0 Å². The molecule has 0 saturated carbocycles. The average molecular weight is 582 g/mol. The molecule has 0 radical (unpaired) electrons. The molecule has 0 aliphatic heterocycles. The third-order valence-electron chi connectivity index (χ3n) is 8.11. The lowest BCUT2D eigenvalue weighted by atomic mass is 10.0. The number of anilines is 3. The van der Waals surface area contributed by atoms with Crippen molar-refractivity contribution in [3.63, 3.8) is 0 Å². The van der Waals surface area contributed by atoms with Gasteiger partial charge in [-0.15, -0.1) is 11.3 Å². The number of pyridine rings is 2. The summed E-state index contributed by atoms with van der Waals surface area (Å²) in [6.45, 7) is 0. The Balaban J connectivity index is 1.17. The van der Waals surface area contributed by atoms with Crippen molar-refractivity contribution in [3.05, 3.63) is 164 Å². The Kier molecular flexibility index (Phi) is 6.67. The Hall–Kier alpha value is -5.58. The van der Waals surface area contributed by atoms with Crippen molar-refractivity contribution in [1.82, 2.24) is 9.97 Å². The number of nitrogens with zero attached hydrogens (tertiary/aromatic N) is 3. The van der Waals surface area contributed by atoms with Crippen molar-refractivity contribution in [2.24, 2.45) is 0 Å². The summed E-state index contributed by atoms with van der Waals surface area (Å²) in [5.41, 5.74) is 10.3. The van der Waals surface area contributed by atoms with Crippen LogP contribution >= 0.6 is 11.3 Å². The quantitative estimate of drug-likeness (QED) is 0.196. The fourth-order valence-electron chi connectivity index (χ4n) is 5.85. The second kappa shape index (κ2) is 11.3. The molecule has 3 aromatic heterocycles. The number of hydrogen-bond acceptors (Lipinski definition) is 4. The van der Waals surface area contributed by atoms with E-state index in [1.807, 2.05) is 60.4 Å². The fraction of sp³-hybridized carbons (Fsp3) is 0. The van der Waals surface area contributed by atoms with Gasteiger partial charge in [0.05, 0.1) is 0 Å². The Morgan fingerprint density at radius 1 is 0.364 bits per heavy atom. The zero-order valence-corrected chi connectivity index (χ0v) is 24.7. The number of rotatable bonds is 6. The minimum atomic E-state index is 1.10. The first-order valence-corrected chi connectivity index (χ1v) is 15.4. The molecular formula is C40H27N3S. The topological polar surface area (TPSA) is 29.0 Å². The van der Waals surface area contributed by atoms with E-state index in [1.165, 1.54) is 31.3 Å². The van der Waals surface area contributed by atoms with Gasteiger partial charge < -0.3 is 4.90 Å². The summed E-state index contributed by atoms with van der Waals surface area (Å²) in [5, 5.41) is 2.64. The maximum Gasteiger partial charge on any atom is 0.0462 e. The SMILES string of the molecule is c1ccc2c(c1)sc1ccc(-c3ccc(N(c4ccc(-c5ccncc5)cc4)c4ccc(-c5ccncc5)cc4)cc3)cc12. The van der Waals surface area contributed by atoms with Crippen molar-refractivity contribution >= 4 is 48.6 Å². The van der Waals surface area contributed by atoms with Gasteiger partial charge in [-0.25, -0.2) is 0 Å². The maximum atomic E-state index is 4.17. The first-order chi connectivity index (χ1) is 21.8. The van der Waals surface area contributed by atoms with E-state index in [1.54, 1.807) is 0 Å². The fourth-order valence-corrected chi connectivity index (χ4v) is 6.94. The van der Waals surface area contributed by atoms with Crippen LogP contribution < -0.4 is 4.90 Å². The van der Waals surface area contributed by atoms with Crippen LogP contribution in [0.15, 0.2) is 164 Å². The molecule has 0 bridgehead atoms. The molecular weight excluding hydrogens is 555 g/mol. The number of thiophene rings is 1. The van der Waals surface area contributed by atoms with E-state index < -0.39 is 0 Å². The number of benzene rings is 5. The average Bonchev–Trinajstić information content (AvgIpc) is 3.48. The van der Waals surface area contributed by atoms with Gasteiger partial charge in [0, 0.05) is 62.0 Å². The first kappa shape index (κ1) is 26.1. The number of aromatic nitrogens is 2. The summed E-state index contributed by atoms with van der Waals surface area (Å²) >= 11 is 1.85. The standard InChI is InChI=1S/C40H27N3S/c1-2-4-39-37(3-1)38-27-33(11-18-40(38)44-39)30-9-16-36(17-10-30)43(34-12-5-28(6-13-34)31-19-23-41-24-20-31)35-14-7-29(8-15-35)32-21-25-42-26-22-32/h1-27H. The predicted octanol–water partition coefficient (Wildman–Crippen LogP) is 11.3. The summed E-state index contributed by atoms with van der Waals surface area (Å²) < 4.78 is 2.65. The van der Waals surface area contributed by atoms with Gasteiger partial charge in [0.2, 0.25) is 0 Å². The van der Waals surface area contributed by atoms with Gasteiger partial charge in [0.25, 0.3) is 0 Å². The van der Waals surface area contributed by atoms with Crippen LogP contribution in [0.4, 0.5) is 17.1 Å². The summed E-state index contributed by atoms with van der Waals surface area (Å²) in [7, 11) is 0. The van der Waals surface area contributed by atoms with Crippen LogP contribution in [0.1, 0.15) is 0 Å². The van der Waals surface area contributed by atoms with Crippen molar-refractivity contribution in [1.29, 1.82) is 0 Å². The van der Waals surface area contributed by atoms with E-state index in [0.29, 0.717) is 0 Å². The highest BCUT2D eigenvalue weighted by Gasteiger charge is 2.14. The molecule has 0 atom stereocenters. The highest BCUT2D eigenvalue weighted by atomic mass is 32.1. The highest BCUT2D eigenvalue weighted by Crippen LogP contribution is 2.39. The molecule has 208 valence electrons. The van der Waals surface area contributed by atoms with E-state index in [2.05, 4.69) is 130 Å². The van der Waals surface area contributed by atoms with Crippen LogP contribution in [-0.4, -0.2) is 9.97 Å². The molecule has 5 aromatic carbocycles. The highest BCUT2D eigenvalue weighted by molar-refractivity contribution is 7.25. The molecule has 8 rings (SSSR count). The van der Waals surface area contributed by atoms with Gasteiger partial charge in [-0.3, -0.25) is 9.97 Å². The Labute approximate surface area is 260 Å². The van der Waals surface area contributed by atoms with Crippen LogP contribution in [0.25, 0.3) is 53.6 Å². The molecule has 8 aromatic rings. The minimum absolute atomic E-state index is 1.10. The normalized spacial score (nSPS) is 11.2. The van der Waals surface area contributed by atoms with Gasteiger partial charge >= 0.3 is 0 Å². The third-order valence-corrected chi connectivity index (χ3v) is 9.27. The van der Waals surface area contributed by atoms with E-state index in [0.717, 1.165) is 39.3 Å². The molecule has 3 heterocycles. The molecule has 0 N–H and O–H groups in total. The molecule has 44 heavy (non-hydrogen) atoms. The van der Waals surface area contributed by atoms with Gasteiger partial charge in [0.1, 0.15) is 0 Å². The van der Waals surface area contributed by atoms with Gasteiger partial charge in [-0.2, -0.15) is 0 Å². The first-order valence-electron chi connectivity index (χ1n) is 14.6. The molecule has 0 fully saturated rings. The Morgan fingerprint density at radius 3 is 1.30 bits per heavy atom. The molecule has 0 unspecified atom stereocenters. The van der Waals surface area contributed by atoms with Crippen LogP contribution in [0.5, 0.6) is 0 Å². The Bertz CT molecular complexity index is 2100. The molecule has 3 nitrogen and oxygen atoms in total. The zero-order chi connectivity index (χ0) is 29.3. The van der Waals surface area contributed by atoms with Gasteiger partial charge in [-0.1, -0.05) is 60.7 Å². The molecule has 0 spiro atoms. The predicted molar refractivity (Wildman–Crippen MR) is 186 cm³/mol. The smallest absolute Gasteiger partial charge is 0.0462 e. The van der Waals surface area contributed by atoms with Crippen molar-refractivity contribution < 1.29 is 0 Å². The van der Waals surface area contributed by atoms with Crippen molar-refractivity contribution in [2.75, 3.05) is 4.90 Å². The van der Waals surface area contributed by atoms with Crippen LogP contribution in [-0.2, 0) is 0 Å². The summed E-state index contributed by atoms with van der Waals surface area (Å²) in [4.78, 5) is 10.6. The molecule has 0 aliphatic carbocycles. The van der Waals surface area contributed by atoms with Crippen LogP contribution in [0.2, 0.25) is 0 Å². The second-order valence-corrected chi connectivity index (χ2v) is 11.8. The summed E-state index contributed by atoms with van der Waals surface area (Å²) in [6, 6.07) is 50.0. The minimum Gasteiger partial charge on any atom is -0.311 e. The lowest BCUT2D eigenvalue weighted by Gasteiger charge is -2.26. The van der Waals surface area contributed by atoms with E-state index >= 15 is 0 Å². The summed E-state index contributed by atoms with van der Waals surface area (Å²) in [5.74, 6) is 0. The number of fused-ring (bicyclic) bond motifs is 3. The lowest BCUT2D eigenvalue weighted by Crippen LogP contribution is -2.09. The van der Waals surface area contributed by atoms with Gasteiger partial charge in [-0.05, 0) is 112 Å². The monoisotopic (exact) mass is 581 g/mol. The number of hydrogen-bond donors (Lipinski definition) is 0. The largest absolute Gasteiger partial charge is 0.311 e. The summed E-state index contributed by atoms with van der Waals surface area (Å²) in [6.07, 6.45) is 7.33.